The van der Waals surface area contributed by atoms with Gasteiger partial charge in [0, 0.05) is 17.3 Å². The number of amides is 1. The fourth-order valence-electron chi connectivity index (χ4n) is 2.12. The number of aromatic nitrogens is 3. The highest BCUT2D eigenvalue weighted by molar-refractivity contribution is 14.1. The summed E-state index contributed by atoms with van der Waals surface area (Å²) in [6.45, 7) is 1.75. The minimum absolute atomic E-state index is 0.306. The summed E-state index contributed by atoms with van der Waals surface area (Å²) >= 11 is 2.13. The molecule has 0 aliphatic rings. The number of H-pyrrole nitrogens is 1. The third-order valence-electron chi connectivity index (χ3n) is 3.20. The summed E-state index contributed by atoms with van der Waals surface area (Å²) < 4.78 is 0.844. The number of nitrogens with zero attached hydrogens (tertiary/aromatic N) is 3. The minimum atomic E-state index is -0.306. The third-order valence-corrected chi connectivity index (χ3v) is 4.02. The first-order valence-electron chi connectivity index (χ1n) is 6.40. The van der Waals surface area contributed by atoms with Crippen molar-refractivity contribution in [3.05, 3.63) is 51.0 Å². The summed E-state index contributed by atoms with van der Waals surface area (Å²) in [5.41, 5.74) is 2.98. The summed E-state index contributed by atoms with van der Waals surface area (Å²) in [5, 5.41) is 19.6. The Hall–Kier alpha value is -2.47. The molecule has 0 aliphatic carbocycles. The second kappa shape index (κ2) is 5.73. The van der Waals surface area contributed by atoms with Crippen molar-refractivity contribution in [3.63, 3.8) is 0 Å². The molecule has 2 N–H and O–H groups in total. The average Bonchev–Trinajstić information content (AvgIpc) is 2.88. The molecule has 7 heteroatoms. The van der Waals surface area contributed by atoms with Crippen molar-refractivity contribution in [2.45, 2.75) is 6.92 Å². The van der Waals surface area contributed by atoms with Gasteiger partial charge in [0.25, 0.3) is 5.91 Å². The van der Waals surface area contributed by atoms with E-state index in [0.717, 1.165) is 14.6 Å². The molecule has 0 atom stereocenters. The Labute approximate surface area is 139 Å². The van der Waals surface area contributed by atoms with E-state index in [1.54, 1.807) is 19.1 Å². The Morgan fingerprint density at radius 1 is 1.41 bits per heavy atom. The van der Waals surface area contributed by atoms with Gasteiger partial charge in [-0.15, -0.1) is 0 Å². The molecular weight excluding hydrogens is 393 g/mol. The molecule has 1 amide bonds. The van der Waals surface area contributed by atoms with Crippen LogP contribution in [0.3, 0.4) is 0 Å². The standard InChI is InChI=1S/C15H10IN5O/c1-8-4-9(6-17)7-18-13(8)15(22)19-10-2-3-12-11(5-10)14(16)21-20-12/h2-5,7H,1H3,(H,19,22)(H,20,21). The van der Waals surface area contributed by atoms with Gasteiger partial charge in [-0.05, 0) is 59.3 Å². The van der Waals surface area contributed by atoms with Crippen molar-refractivity contribution in [1.82, 2.24) is 15.2 Å². The quantitative estimate of drug-likeness (QED) is 0.644. The lowest BCUT2D eigenvalue weighted by atomic mass is 10.1. The number of rotatable bonds is 2. The van der Waals surface area contributed by atoms with E-state index >= 15 is 0 Å². The van der Waals surface area contributed by atoms with E-state index in [0.29, 0.717) is 22.5 Å². The SMILES string of the molecule is Cc1cc(C#N)cnc1C(=O)Nc1ccc2[nH]nc(I)c2c1. The van der Waals surface area contributed by atoms with Crippen molar-refractivity contribution in [2.24, 2.45) is 0 Å². The Bertz CT molecular complexity index is 925. The predicted octanol–water partition coefficient (Wildman–Crippen LogP) is 2.99. The number of anilines is 1. The van der Waals surface area contributed by atoms with Gasteiger partial charge in [-0.25, -0.2) is 4.98 Å². The lowest BCUT2D eigenvalue weighted by Crippen LogP contribution is -2.15. The summed E-state index contributed by atoms with van der Waals surface area (Å²) in [6, 6.07) is 9.16. The number of carbonyl (C=O) groups is 1. The number of halogens is 1. The number of hydrogen-bond acceptors (Lipinski definition) is 4. The zero-order valence-electron chi connectivity index (χ0n) is 11.5. The molecule has 1 aromatic carbocycles. The third kappa shape index (κ3) is 2.65. The molecule has 0 aliphatic heterocycles. The number of hydrogen-bond donors (Lipinski definition) is 2. The zero-order chi connectivity index (χ0) is 15.7. The van der Waals surface area contributed by atoms with Gasteiger partial charge in [0.05, 0.1) is 11.1 Å². The second-order valence-corrected chi connectivity index (χ2v) is 5.75. The van der Waals surface area contributed by atoms with Gasteiger partial charge in [-0.3, -0.25) is 9.89 Å². The molecule has 0 unspecified atom stereocenters. The van der Waals surface area contributed by atoms with Crippen LogP contribution in [0.4, 0.5) is 5.69 Å². The largest absolute Gasteiger partial charge is 0.321 e. The maximum Gasteiger partial charge on any atom is 0.274 e. The molecule has 22 heavy (non-hydrogen) atoms. The van der Waals surface area contributed by atoms with Crippen LogP contribution in [-0.4, -0.2) is 21.1 Å². The number of benzene rings is 1. The highest BCUT2D eigenvalue weighted by Crippen LogP contribution is 2.22. The van der Waals surface area contributed by atoms with E-state index in [4.69, 9.17) is 5.26 Å². The van der Waals surface area contributed by atoms with Crippen LogP contribution in [0.25, 0.3) is 10.9 Å². The van der Waals surface area contributed by atoms with E-state index in [1.807, 2.05) is 18.2 Å². The summed E-state index contributed by atoms with van der Waals surface area (Å²) in [7, 11) is 0. The van der Waals surface area contributed by atoms with Crippen molar-refractivity contribution in [1.29, 1.82) is 5.26 Å². The Morgan fingerprint density at radius 2 is 2.23 bits per heavy atom. The lowest BCUT2D eigenvalue weighted by molar-refractivity contribution is 0.102. The monoisotopic (exact) mass is 403 g/mol. The van der Waals surface area contributed by atoms with Crippen LogP contribution in [0.1, 0.15) is 21.6 Å². The lowest BCUT2D eigenvalue weighted by Gasteiger charge is -2.07. The Kier molecular flexibility index (Phi) is 3.77. The molecular formula is C15H10IN5O. The van der Waals surface area contributed by atoms with E-state index in [2.05, 4.69) is 43.1 Å². The van der Waals surface area contributed by atoms with Crippen LogP contribution >= 0.6 is 22.6 Å². The fraction of sp³-hybridized carbons (Fsp3) is 0.0667. The molecule has 3 rings (SSSR count). The maximum absolute atomic E-state index is 12.3. The fourth-order valence-corrected chi connectivity index (χ4v) is 2.69. The van der Waals surface area contributed by atoms with Gasteiger partial charge >= 0.3 is 0 Å². The maximum atomic E-state index is 12.3. The number of aryl methyl sites for hydroxylation is 1. The molecule has 3 aromatic rings. The predicted molar refractivity (Wildman–Crippen MR) is 90.5 cm³/mol. The van der Waals surface area contributed by atoms with Crippen molar-refractivity contribution >= 4 is 45.1 Å². The first-order chi connectivity index (χ1) is 10.6. The average molecular weight is 403 g/mol. The van der Waals surface area contributed by atoms with Gasteiger partial charge in [0.15, 0.2) is 0 Å². The van der Waals surface area contributed by atoms with Gasteiger partial charge in [0.1, 0.15) is 15.5 Å². The first-order valence-corrected chi connectivity index (χ1v) is 7.48. The summed E-state index contributed by atoms with van der Waals surface area (Å²) in [6.07, 6.45) is 1.39. The smallest absolute Gasteiger partial charge is 0.274 e. The summed E-state index contributed by atoms with van der Waals surface area (Å²) in [4.78, 5) is 16.4. The molecule has 0 saturated carbocycles. The molecule has 0 radical (unpaired) electrons. The Balaban J connectivity index is 1.89. The van der Waals surface area contributed by atoms with Crippen molar-refractivity contribution in [3.8, 4) is 6.07 Å². The van der Waals surface area contributed by atoms with E-state index < -0.39 is 0 Å². The number of carbonyl (C=O) groups excluding carboxylic acids is 1. The molecule has 108 valence electrons. The van der Waals surface area contributed by atoms with Gasteiger partial charge in [0.2, 0.25) is 0 Å². The molecule has 0 bridgehead atoms. The molecule has 6 nitrogen and oxygen atoms in total. The van der Waals surface area contributed by atoms with Crippen LogP contribution in [0.5, 0.6) is 0 Å². The van der Waals surface area contributed by atoms with Crippen LogP contribution in [-0.2, 0) is 0 Å². The van der Waals surface area contributed by atoms with E-state index in [9.17, 15) is 4.79 Å². The van der Waals surface area contributed by atoms with Crippen LogP contribution < -0.4 is 5.32 Å². The normalized spacial score (nSPS) is 10.4. The highest BCUT2D eigenvalue weighted by Gasteiger charge is 2.12. The van der Waals surface area contributed by atoms with Gasteiger partial charge in [-0.1, -0.05) is 0 Å². The second-order valence-electron chi connectivity index (χ2n) is 4.73. The Morgan fingerprint density at radius 3 is 2.95 bits per heavy atom. The van der Waals surface area contributed by atoms with Crippen LogP contribution in [0.2, 0.25) is 0 Å². The number of aromatic amines is 1. The number of nitriles is 1. The van der Waals surface area contributed by atoms with Crippen LogP contribution in [0, 0.1) is 22.0 Å². The van der Waals surface area contributed by atoms with Crippen molar-refractivity contribution < 1.29 is 4.79 Å². The van der Waals surface area contributed by atoms with Gasteiger partial charge < -0.3 is 5.32 Å². The first kappa shape index (κ1) is 14.5. The zero-order valence-corrected chi connectivity index (χ0v) is 13.7. The number of nitrogens with one attached hydrogen (secondary N) is 2. The topological polar surface area (TPSA) is 94.5 Å². The van der Waals surface area contributed by atoms with E-state index in [-0.39, 0.29) is 5.91 Å². The molecule has 2 aromatic heterocycles. The molecule has 2 heterocycles. The minimum Gasteiger partial charge on any atom is -0.321 e. The number of fused-ring (bicyclic) bond motifs is 1. The molecule has 0 spiro atoms. The van der Waals surface area contributed by atoms with Crippen LogP contribution in [0.15, 0.2) is 30.5 Å². The number of pyridine rings is 1. The van der Waals surface area contributed by atoms with Crippen molar-refractivity contribution in [2.75, 3.05) is 5.32 Å². The van der Waals surface area contributed by atoms with E-state index in [1.165, 1.54) is 6.20 Å². The summed E-state index contributed by atoms with van der Waals surface area (Å²) in [5.74, 6) is -0.306. The molecule has 0 saturated heterocycles. The molecule has 0 fully saturated rings. The highest BCUT2D eigenvalue weighted by atomic mass is 127. The van der Waals surface area contributed by atoms with Gasteiger partial charge in [-0.2, -0.15) is 10.4 Å².